The second-order valence-corrected chi connectivity index (χ2v) is 2.30. The summed E-state index contributed by atoms with van der Waals surface area (Å²) in [6.45, 7) is 0. The SMILES string of the molecule is O=C(O)C#CC(=O)NC1CC1. The van der Waals surface area contributed by atoms with Crippen LogP contribution >= 0.6 is 0 Å². The topological polar surface area (TPSA) is 66.4 Å². The second-order valence-electron chi connectivity index (χ2n) is 2.30. The van der Waals surface area contributed by atoms with E-state index in [-0.39, 0.29) is 6.04 Å². The third-order valence-corrected chi connectivity index (χ3v) is 1.20. The van der Waals surface area contributed by atoms with Crippen molar-refractivity contribution in [1.82, 2.24) is 5.32 Å². The van der Waals surface area contributed by atoms with Crippen LogP contribution in [0.2, 0.25) is 0 Å². The first-order chi connectivity index (χ1) is 5.18. The van der Waals surface area contributed by atoms with Crippen molar-refractivity contribution in [3.05, 3.63) is 0 Å². The lowest BCUT2D eigenvalue weighted by molar-refractivity contribution is -0.130. The minimum atomic E-state index is -1.28. The molecule has 11 heavy (non-hydrogen) atoms. The Morgan fingerprint density at radius 2 is 2.00 bits per heavy atom. The summed E-state index contributed by atoms with van der Waals surface area (Å²) in [6, 6.07) is 0.227. The summed E-state index contributed by atoms with van der Waals surface area (Å²) in [7, 11) is 0. The summed E-state index contributed by atoms with van der Waals surface area (Å²) >= 11 is 0. The number of amides is 1. The summed E-state index contributed by atoms with van der Waals surface area (Å²) in [5.41, 5.74) is 0. The van der Waals surface area contributed by atoms with E-state index in [0.29, 0.717) is 0 Å². The van der Waals surface area contributed by atoms with Crippen molar-refractivity contribution in [2.75, 3.05) is 0 Å². The van der Waals surface area contributed by atoms with E-state index in [4.69, 9.17) is 5.11 Å². The van der Waals surface area contributed by atoms with Gasteiger partial charge in [0.25, 0.3) is 5.91 Å². The first-order valence-electron chi connectivity index (χ1n) is 3.24. The van der Waals surface area contributed by atoms with Gasteiger partial charge in [-0.05, 0) is 12.8 Å². The Hall–Kier alpha value is -1.50. The molecule has 2 N–H and O–H groups in total. The maximum Gasteiger partial charge on any atom is 0.382 e. The Balaban J connectivity index is 2.31. The van der Waals surface area contributed by atoms with E-state index in [9.17, 15) is 9.59 Å². The molecule has 0 radical (unpaired) electrons. The predicted molar refractivity (Wildman–Crippen MR) is 36.6 cm³/mol. The number of hydrogen-bond acceptors (Lipinski definition) is 2. The molecule has 0 unspecified atom stereocenters. The molecule has 1 aliphatic rings. The molecular weight excluding hydrogens is 146 g/mol. The first kappa shape index (κ1) is 7.61. The highest BCUT2D eigenvalue weighted by Crippen LogP contribution is 2.17. The zero-order chi connectivity index (χ0) is 8.27. The van der Waals surface area contributed by atoms with Crippen LogP contribution in [0.15, 0.2) is 0 Å². The molecule has 1 saturated carbocycles. The molecule has 0 saturated heterocycles. The van der Waals surface area contributed by atoms with E-state index in [1.807, 2.05) is 5.92 Å². The second kappa shape index (κ2) is 3.06. The van der Waals surface area contributed by atoms with Crippen molar-refractivity contribution in [2.45, 2.75) is 18.9 Å². The molecule has 1 aliphatic carbocycles. The lowest BCUT2D eigenvalue weighted by Gasteiger charge is -1.91. The van der Waals surface area contributed by atoms with E-state index in [0.717, 1.165) is 12.8 Å². The Morgan fingerprint density at radius 1 is 1.36 bits per heavy atom. The van der Waals surface area contributed by atoms with E-state index < -0.39 is 11.9 Å². The number of carbonyl (C=O) groups is 2. The number of aliphatic carboxylic acids is 1. The molecule has 0 spiro atoms. The molecule has 4 nitrogen and oxygen atoms in total. The van der Waals surface area contributed by atoms with Crippen molar-refractivity contribution < 1.29 is 14.7 Å². The zero-order valence-corrected chi connectivity index (χ0v) is 5.76. The van der Waals surface area contributed by atoms with E-state index in [1.54, 1.807) is 5.92 Å². The molecule has 1 fully saturated rings. The maximum absolute atomic E-state index is 10.6. The van der Waals surface area contributed by atoms with Crippen molar-refractivity contribution in [3.63, 3.8) is 0 Å². The highest BCUT2D eigenvalue weighted by atomic mass is 16.4. The van der Waals surface area contributed by atoms with Crippen LogP contribution in [0.5, 0.6) is 0 Å². The molecule has 0 aromatic rings. The van der Waals surface area contributed by atoms with E-state index >= 15 is 0 Å². The summed E-state index contributed by atoms with van der Waals surface area (Å²) in [5, 5.41) is 10.6. The van der Waals surface area contributed by atoms with E-state index in [1.165, 1.54) is 0 Å². The molecule has 0 aromatic carbocycles. The van der Waals surface area contributed by atoms with Gasteiger partial charge in [-0.15, -0.1) is 0 Å². The lowest BCUT2D eigenvalue weighted by Crippen LogP contribution is -2.23. The molecule has 0 heterocycles. The van der Waals surface area contributed by atoms with Crippen molar-refractivity contribution in [1.29, 1.82) is 0 Å². The fourth-order valence-electron chi connectivity index (χ4n) is 0.559. The van der Waals surface area contributed by atoms with Gasteiger partial charge in [-0.3, -0.25) is 4.79 Å². The average Bonchev–Trinajstić information content (AvgIpc) is 2.67. The Labute approximate surface area is 63.6 Å². The lowest BCUT2D eigenvalue weighted by atomic mass is 10.5. The molecule has 0 aliphatic heterocycles. The van der Waals surface area contributed by atoms with Gasteiger partial charge in [-0.1, -0.05) is 0 Å². The Bertz CT molecular complexity index is 244. The van der Waals surface area contributed by atoms with Crippen LogP contribution in [0, 0.1) is 11.8 Å². The minimum Gasteiger partial charge on any atom is -0.472 e. The third-order valence-electron chi connectivity index (χ3n) is 1.20. The van der Waals surface area contributed by atoms with Gasteiger partial charge < -0.3 is 10.4 Å². The van der Waals surface area contributed by atoms with Gasteiger partial charge in [-0.2, -0.15) is 0 Å². The van der Waals surface area contributed by atoms with Gasteiger partial charge >= 0.3 is 5.97 Å². The van der Waals surface area contributed by atoms with Gasteiger partial charge in [0.1, 0.15) is 0 Å². The number of nitrogens with one attached hydrogen (secondary N) is 1. The zero-order valence-electron chi connectivity index (χ0n) is 5.76. The average molecular weight is 153 g/mol. The summed E-state index contributed by atoms with van der Waals surface area (Å²) in [6.07, 6.45) is 1.95. The van der Waals surface area contributed by atoms with Crippen LogP contribution in [0.25, 0.3) is 0 Å². The number of hydrogen-bond donors (Lipinski definition) is 2. The van der Waals surface area contributed by atoms with Crippen molar-refractivity contribution in [3.8, 4) is 11.8 Å². The Morgan fingerprint density at radius 3 is 2.45 bits per heavy atom. The van der Waals surface area contributed by atoms with Gasteiger partial charge in [-0.25, -0.2) is 4.79 Å². The first-order valence-corrected chi connectivity index (χ1v) is 3.24. The molecule has 0 bridgehead atoms. The van der Waals surface area contributed by atoms with Crippen molar-refractivity contribution in [2.24, 2.45) is 0 Å². The molecule has 1 amide bonds. The van der Waals surface area contributed by atoms with Crippen LogP contribution < -0.4 is 5.32 Å². The third kappa shape index (κ3) is 3.26. The van der Waals surface area contributed by atoms with Crippen LogP contribution in [-0.2, 0) is 9.59 Å². The number of carboxylic acid groups (broad SMARTS) is 1. The number of carbonyl (C=O) groups excluding carboxylic acids is 1. The quantitative estimate of drug-likeness (QED) is 0.492. The molecule has 58 valence electrons. The van der Waals surface area contributed by atoms with Crippen LogP contribution in [0.3, 0.4) is 0 Å². The van der Waals surface area contributed by atoms with Crippen LogP contribution in [-0.4, -0.2) is 23.0 Å². The largest absolute Gasteiger partial charge is 0.472 e. The van der Waals surface area contributed by atoms with Gasteiger partial charge in [0, 0.05) is 17.9 Å². The molecule has 1 rings (SSSR count). The normalized spacial score (nSPS) is 14.5. The number of rotatable bonds is 1. The molecule has 0 aromatic heterocycles. The Kier molecular flexibility index (Phi) is 2.12. The summed E-state index contributed by atoms with van der Waals surface area (Å²) < 4.78 is 0. The van der Waals surface area contributed by atoms with Crippen LogP contribution in [0.4, 0.5) is 0 Å². The fourth-order valence-corrected chi connectivity index (χ4v) is 0.559. The monoisotopic (exact) mass is 153 g/mol. The van der Waals surface area contributed by atoms with Crippen LogP contribution in [0.1, 0.15) is 12.8 Å². The minimum absolute atomic E-state index is 0.227. The summed E-state index contributed by atoms with van der Waals surface area (Å²) in [5.74, 6) is 1.90. The number of carboxylic acids is 1. The highest BCUT2D eigenvalue weighted by Gasteiger charge is 2.22. The molecular formula is C7H7NO3. The molecule has 0 atom stereocenters. The van der Waals surface area contributed by atoms with Gasteiger partial charge in [0.2, 0.25) is 0 Å². The van der Waals surface area contributed by atoms with Gasteiger partial charge in [0.05, 0.1) is 0 Å². The fraction of sp³-hybridized carbons (Fsp3) is 0.429. The summed E-state index contributed by atoms with van der Waals surface area (Å²) in [4.78, 5) is 20.5. The predicted octanol–water partition coefficient (Wildman–Crippen LogP) is -0.647. The highest BCUT2D eigenvalue weighted by molar-refractivity contribution is 6.00. The van der Waals surface area contributed by atoms with Crippen molar-refractivity contribution >= 4 is 11.9 Å². The maximum atomic E-state index is 10.6. The van der Waals surface area contributed by atoms with E-state index in [2.05, 4.69) is 5.32 Å². The molecule has 4 heteroatoms. The van der Waals surface area contributed by atoms with Gasteiger partial charge in [0.15, 0.2) is 0 Å². The standard InChI is InChI=1S/C7H7NO3/c9-6(3-4-7(10)11)8-5-1-2-5/h5H,1-2H2,(H,8,9)(H,10,11). The smallest absolute Gasteiger partial charge is 0.382 e.